The van der Waals surface area contributed by atoms with E-state index in [1.807, 2.05) is 0 Å². The van der Waals surface area contributed by atoms with E-state index in [2.05, 4.69) is 10.3 Å². The minimum Gasteiger partial charge on any atom is -0.369 e. The number of nitro benzene ring substituents is 1. The van der Waals surface area contributed by atoms with Crippen LogP contribution in [0.2, 0.25) is 0 Å². The average Bonchev–Trinajstić information content (AvgIpc) is 2.94. The monoisotopic (exact) mass is 366 g/mol. The number of aromatic nitrogens is 1. The van der Waals surface area contributed by atoms with Crippen molar-refractivity contribution in [1.29, 1.82) is 0 Å². The van der Waals surface area contributed by atoms with E-state index in [1.165, 1.54) is 48.2 Å². The summed E-state index contributed by atoms with van der Waals surface area (Å²) in [4.78, 5) is 37.6. The molecule has 3 N–H and O–H groups in total. The number of nitrogens with one attached hydrogen (secondary N) is 1. The number of rotatable bonds is 7. The molecule has 2 aromatic rings. The standard InChI is InChI=1S/C14H14N4O4S2/c1-8-10(3-2-4-11(8)18(21)22)13(20)17-14-16-9(6-24-14)5-23-7-12(15)19/h2-4,6H,5,7H2,1H3,(H2,15,19)(H,16,17,20). The maximum atomic E-state index is 12.3. The average molecular weight is 366 g/mol. The molecule has 0 atom stereocenters. The van der Waals surface area contributed by atoms with Gasteiger partial charge in [0, 0.05) is 28.3 Å². The van der Waals surface area contributed by atoms with Gasteiger partial charge in [-0.15, -0.1) is 23.1 Å². The summed E-state index contributed by atoms with van der Waals surface area (Å²) in [5.41, 5.74) is 6.20. The molecular formula is C14H14N4O4S2. The lowest BCUT2D eigenvalue weighted by Crippen LogP contribution is -2.14. The molecule has 0 aliphatic carbocycles. The van der Waals surface area contributed by atoms with Crippen LogP contribution in [0.1, 0.15) is 21.6 Å². The number of thioether (sulfide) groups is 1. The van der Waals surface area contributed by atoms with Crippen LogP contribution in [0, 0.1) is 17.0 Å². The Kier molecular flexibility index (Phi) is 5.88. The first kappa shape index (κ1) is 17.9. The Morgan fingerprint density at radius 3 is 2.88 bits per heavy atom. The predicted molar refractivity (Wildman–Crippen MR) is 93.3 cm³/mol. The summed E-state index contributed by atoms with van der Waals surface area (Å²) in [5.74, 6) is -0.149. The van der Waals surface area contributed by atoms with Crippen LogP contribution in [0.4, 0.5) is 10.8 Å². The van der Waals surface area contributed by atoms with Crippen molar-refractivity contribution in [2.75, 3.05) is 11.1 Å². The van der Waals surface area contributed by atoms with Gasteiger partial charge in [0.1, 0.15) is 0 Å². The van der Waals surface area contributed by atoms with Crippen LogP contribution in [-0.4, -0.2) is 27.5 Å². The van der Waals surface area contributed by atoms with Gasteiger partial charge < -0.3 is 5.73 Å². The first-order valence-corrected chi connectivity index (χ1v) is 8.77. The molecule has 0 saturated heterocycles. The van der Waals surface area contributed by atoms with E-state index < -0.39 is 16.7 Å². The topological polar surface area (TPSA) is 128 Å². The SMILES string of the molecule is Cc1c(C(=O)Nc2nc(CSCC(N)=O)cs2)cccc1[N+](=O)[O-]. The normalized spacial score (nSPS) is 10.4. The number of thiazole rings is 1. The molecule has 0 spiro atoms. The Bertz CT molecular complexity index is 791. The Labute approximate surface area is 145 Å². The molecule has 1 aromatic carbocycles. The van der Waals surface area contributed by atoms with Crippen LogP contribution in [-0.2, 0) is 10.5 Å². The van der Waals surface area contributed by atoms with E-state index in [1.54, 1.807) is 5.38 Å². The third kappa shape index (κ3) is 4.52. The number of carbonyl (C=O) groups is 2. The molecule has 24 heavy (non-hydrogen) atoms. The summed E-state index contributed by atoms with van der Waals surface area (Å²) < 4.78 is 0. The van der Waals surface area contributed by atoms with Crippen molar-refractivity contribution in [1.82, 2.24) is 4.98 Å². The van der Waals surface area contributed by atoms with Gasteiger partial charge in [0.15, 0.2) is 5.13 Å². The molecule has 0 saturated carbocycles. The second-order valence-corrected chi connectivity index (χ2v) is 6.61. The third-order valence-electron chi connectivity index (χ3n) is 3.01. The molecule has 1 heterocycles. The van der Waals surface area contributed by atoms with Crippen LogP contribution >= 0.6 is 23.1 Å². The zero-order valence-electron chi connectivity index (χ0n) is 12.6. The fourth-order valence-corrected chi connectivity index (χ4v) is 3.39. The van der Waals surface area contributed by atoms with Crippen LogP contribution < -0.4 is 11.1 Å². The number of nitro groups is 1. The fourth-order valence-electron chi connectivity index (χ4n) is 1.92. The lowest BCUT2D eigenvalue weighted by atomic mass is 10.1. The summed E-state index contributed by atoms with van der Waals surface area (Å²) in [6.45, 7) is 1.53. The summed E-state index contributed by atoms with van der Waals surface area (Å²) in [6, 6.07) is 4.34. The second kappa shape index (κ2) is 7.88. The molecule has 0 aliphatic heterocycles. The van der Waals surface area contributed by atoms with Crippen molar-refractivity contribution in [2.24, 2.45) is 5.73 Å². The van der Waals surface area contributed by atoms with Gasteiger partial charge >= 0.3 is 0 Å². The van der Waals surface area contributed by atoms with E-state index in [0.29, 0.717) is 16.4 Å². The first-order valence-electron chi connectivity index (χ1n) is 6.74. The van der Waals surface area contributed by atoms with Crippen molar-refractivity contribution >= 4 is 45.7 Å². The third-order valence-corrected chi connectivity index (χ3v) is 4.81. The molecule has 0 fully saturated rings. The molecule has 0 radical (unpaired) electrons. The number of carbonyl (C=O) groups excluding carboxylic acids is 2. The molecule has 2 rings (SSSR count). The van der Waals surface area contributed by atoms with E-state index >= 15 is 0 Å². The Balaban J connectivity index is 2.05. The lowest BCUT2D eigenvalue weighted by molar-refractivity contribution is -0.385. The minimum atomic E-state index is -0.524. The molecule has 10 heteroatoms. The highest BCUT2D eigenvalue weighted by Crippen LogP contribution is 2.24. The van der Waals surface area contributed by atoms with Gasteiger partial charge in [-0.1, -0.05) is 6.07 Å². The van der Waals surface area contributed by atoms with E-state index in [9.17, 15) is 19.7 Å². The smallest absolute Gasteiger partial charge is 0.273 e. The number of nitrogens with zero attached hydrogens (tertiary/aromatic N) is 2. The fraction of sp³-hybridized carbons (Fsp3) is 0.214. The number of nitrogens with two attached hydrogens (primary N) is 1. The van der Waals surface area contributed by atoms with Gasteiger partial charge in [-0.05, 0) is 13.0 Å². The van der Waals surface area contributed by atoms with E-state index in [4.69, 9.17) is 5.73 Å². The number of primary amides is 1. The summed E-state index contributed by atoms with van der Waals surface area (Å²) >= 11 is 2.57. The van der Waals surface area contributed by atoms with Crippen molar-refractivity contribution in [3.8, 4) is 0 Å². The predicted octanol–water partition coefficient (Wildman–Crippen LogP) is 2.33. The quantitative estimate of drug-likeness (QED) is 0.571. The van der Waals surface area contributed by atoms with Gasteiger partial charge in [0.05, 0.1) is 16.4 Å². The van der Waals surface area contributed by atoms with Crippen LogP contribution in [0.5, 0.6) is 0 Å². The molecule has 1 aromatic heterocycles. The maximum Gasteiger partial charge on any atom is 0.273 e. The summed E-state index contributed by atoms with van der Waals surface area (Å²) in [6.07, 6.45) is 0. The highest BCUT2D eigenvalue weighted by molar-refractivity contribution is 7.99. The number of amides is 2. The Hall–Kier alpha value is -2.46. The van der Waals surface area contributed by atoms with Gasteiger partial charge in [0.25, 0.3) is 11.6 Å². The van der Waals surface area contributed by atoms with Crippen molar-refractivity contribution in [2.45, 2.75) is 12.7 Å². The number of anilines is 1. The minimum absolute atomic E-state index is 0.106. The second-order valence-electron chi connectivity index (χ2n) is 4.76. The number of benzene rings is 1. The number of hydrogen-bond acceptors (Lipinski definition) is 7. The zero-order valence-corrected chi connectivity index (χ0v) is 14.3. The highest BCUT2D eigenvalue weighted by Gasteiger charge is 2.18. The molecule has 0 bridgehead atoms. The maximum absolute atomic E-state index is 12.3. The molecule has 126 valence electrons. The number of hydrogen-bond donors (Lipinski definition) is 2. The van der Waals surface area contributed by atoms with Crippen LogP contribution in [0.25, 0.3) is 0 Å². The molecular weight excluding hydrogens is 352 g/mol. The summed E-state index contributed by atoms with van der Waals surface area (Å²) in [7, 11) is 0. The Morgan fingerprint density at radius 1 is 1.46 bits per heavy atom. The van der Waals surface area contributed by atoms with Crippen molar-refractivity contribution < 1.29 is 14.5 Å². The largest absolute Gasteiger partial charge is 0.369 e. The zero-order chi connectivity index (χ0) is 17.7. The van der Waals surface area contributed by atoms with Gasteiger partial charge in [-0.2, -0.15) is 0 Å². The molecule has 0 aliphatic rings. The molecule has 8 nitrogen and oxygen atoms in total. The van der Waals surface area contributed by atoms with Crippen LogP contribution in [0.3, 0.4) is 0 Å². The highest BCUT2D eigenvalue weighted by atomic mass is 32.2. The Morgan fingerprint density at radius 2 is 2.21 bits per heavy atom. The lowest BCUT2D eigenvalue weighted by Gasteiger charge is -2.05. The van der Waals surface area contributed by atoms with Crippen LogP contribution in [0.15, 0.2) is 23.6 Å². The van der Waals surface area contributed by atoms with Gasteiger partial charge in [0.2, 0.25) is 5.91 Å². The van der Waals surface area contributed by atoms with E-state index in [0.717, 1.165) is 5.69 Å². The molecule has 2 amide bonds. The van der Waals surface area contributed by atoms with Gasteiger partial charge in [-0.25, -0.2) is 4.98 Å². The van der Waals surface area contributed by atoms with Crippen molar-refractivity contribution in [3.05, 3.63) is 50.5 Å². The van der Waals surface area contributed by atoms with E-state index in [-0.39, 0.29) is 17.0 Å². The van der Waals surface area contributed by atoms with Gasteiger partial charge in [-0.3, -0.25) is 25.0 Å². The summed E-state index contributed by atoms with van der Waals surface area (Å²) in [5, 5.41) is 15.7. The molecule has 0 unspecified atom stereocenters. The first-order chi connectivity index (χ1) is 11.4. The van der Waals surface area contributed by atoms with Crippen molar-refractivity contribution in [3.63, 3.8) is 0 Å².